The van der Waals surface area contributed by atoms with Crippen LogP contribution >= 0.6 is 0 Å². The van der Waals surface area contributed by atoms with Crippen molar-refractivity contribution in [1.82, 2.24) is 10.2 Å². The molecule has 20 heavy (non-hydrogen) atoms. The van der Waals surface area contributed by atoms with Crippen molar-refractivity contribution in [1.29, 1.82) is 0 Å². The van der Waals surface area contributed by atoms with E-state index >= 15 is 0 Å². The molecule has 7 heteroatoms. The average Bonchev–Trinajstić information content (AvgIpc) is 3.15. The van der Waals surface area contributed by atoms with E-state index in [-0.39, 0.29) is 12.3 Å². The summed E-state index contributed by atoms with van der Waals surface area (Å²) in [5.41, 5.74) is -2.64. The summed E-state index contributed by atoms with van der Waals surface area (Å²) in [5, 5.41) is 2.62. The predicted molar refractivity (Wildman–Crippen MR) is 65.7 cm³/mol. The number of carbonyl (C=O) groups is 2. The molecule has 0 aromatic heterocycles. The molecule has 1 aliphatic carbocycles. The lowest BCUT2D eigenvalue weighted by Gasteiger charge is -2.50. The summed E-state index contributed by atoms with van der Waals surface area (Å²) in [6.45, 7) is 3.22. The van der Waals surface area contributed by atoms with Crippen LogP contribution in [0.15, 0.2) is 0 Å². The van der Waals surface area contributed by atoms with Crippen LogP contribution in [0.2, 0.25) is 0 Å². The molecule has 114 valence electrons. The Bertz CT molecular complexity index is 447. The standard InChI is InChI=1S/C13H19F3N2O2/c1-4-11(2)10(20)18(7-13(14,15)16)12(3,8-5-6-8)9(19)17-11/h8H,4-7H2,1-3H3,(H,17,19). The molecule has 4 nitrogen and oxygen atoms in total. The molecular formula is C13H19F3N2O2. The number of piperazine rings is 1. The van der Waals surface area contributed by atoms with Crippen molar-refractivity contribution in [3.8, 4) is 0 Å². The highest BCUT2D eigenvalue weighted by atomic mass is 19.4. The number of carbonyl (C=O) groups excluding carboxylic acids is 2. The Kier molecular flexibility index (Phi) is 3.30. The minimum absolute atomic E-state index is 0.185. The highest BCUT2D eigenvalue weighted by molar-refractivity contribution is 6.02. The SMILES string of the molecule is CCC1(C)NC(=O)C(C)(C2CC2)N(CC(F)(F)F)C1=O. The first kappa shape index (κ1) is 15.1. The van der Waals surface area contributed by atoms with Crippen LogP contribution in [0.3, 0.4) is 0 Å². The molecule has 2 rings (SSSR count). The first-order valence-corrected chi connectivity index (χ1v) is 6.76. The number of halogens is 3. The van der Waals surface area contributed by atoms with Gasteiger partial charge in [-0.1, -0.05) is 6.92 Å². The summed E-state index contributed by atoms with van der Waals surface area (Å²) in [6.07, 6.45) is -2.91. The normalized spacial score (nSPS) is 35.2. The highest BCUT2D eigenvalue weighted by Gasteiger charge is 2.61. The molecule has 1 aliphatic heterocycles. The van der Waals surface area contributed by atoms with Crippen molar-refractivity contribution < 1.29 is 22.8 Å². The minimum atomic E-state index is -4.52. The zero-order valence-corrected chi connectivity index (χ0v) is 11.8. The van der Waals surface area contributed by atoms with Crippen molar-refractivity contribution in [2.24, 2.45) is 5.92 Å². The van der Waals surface area contributed by atoms with Gasteiger partial charge in [-0.15, -0.1) is 0 Å². The molecule has 2 unspecified atom stereocenters. The van der Waals surface area contributed by atoms with E-state index in [0.717, 1.165) is 4.90 Å². The van der Waals surface area contributed by atoms with Gasteiger partial charge in [-0.25, -0.2) is 0 Å². The fraction of sp³-hybridized carbons (Fsp3) is 0.846. The van der Waals surface area contributed by atoms with Gasteiger partial charge in [0, 0.05) is 0 Å². The van der Waals surface area contributed by atoms with E-state index in [4.69, 9.17) is 0 Å². The fourth-order valence-electron chi connectivity index (χ4n) is 2.77. The van der Waals surface area contributed by atoms with Crippen LogP contribution < -0.4 is 5.32 Å². The van der Waals surface area contributed by atoms with E-state index in [1.165, 1.54) is 13.8 Å². The average molecular weight is 292 g/mol. The summed E-state index contributed by atoms with van der Waals surface area (Å²) < 4.78 is 38.4. The Morgan fingerprint density at radius 2 is 1.85 bits per heavy atom. The summed E-state index contributed by atoms with van der Waals surface area (Å²) in [6, 6.07) is 0. The molecule has 1 N–H and O–H groups in total. The lowest BCUT2D eigenvalue weighted by Crippen LogP contribution is -2.75. The van der Waals surface area contributed by atoms with Gasteiger partial charge >= 0.3 is 6.18 Å². The Hall–Kier alpha value is -1.27. The smallest absolute Gasteiger partial charge is 0.340 e. The van der Waals surface area contributed by atoms with Crippen LogP contribution in [-0.4, -0.2) is 40.5 Å². The molecule has 1 saturated carbocycles. The van der Waals surface area contributed by atoms with Gasteiger partial charge in [0.15, 0.2) is 0 Å². The van der Waals surface area contributed by atoms with Gasteiger partial charge in [-0.2, -0.15) is 13.2 Å². The first-order chi connectivity index (χ1) is 9.04. The van der Waals surface area contributed by atoms with E-state index in [2.05, 4.69) is 5.32 Å². The molecule has 0 bridgehead atoms. The maximum Gasteiger partial charge on any atom is 0.406 e. The van der Waals surface area contributed by atoms with Crippen LogP contribution in [0.4, 0.5) is 13.2 Å². The molecule has 0 aromatic carbocycles. The molecule has 1 heterocycles. The number of nitrogens with zero attached hydrogens (tertiary/aromatic N) is 1. The summed E-state index contributed by atoms with van der Waals surface area (Å²) >= 11 is 0. The molecule has 2 aliphatic rings. The van der Waals surface area contributed by atoms with E-state index in [0.29, 0.717) is 12.8 Å². The van der Waals surface area contributed by atoms with Gasteiger partial charge in [0.1, 0.15) is 17.6 Å². The maximum absolute atomic E-state index is 12.8. The van der Waals surface area contributed by atoms with Gasteiger partial charge in [0.05, 0.1) is 0 Å². The molecule has 0 radical (unpaired) electrons. The lowest BCUT2D eigenvalue weighted by molar-refractivity contribution is -0.188. The Labute approximate surface area is 115 Å². The maximum atomic E-state index is 12.8. The number of hydrogen-bond acceptors (Lipinski definition) is 2. The Morgan fingerprint density at radius 3 is 2.25 bits per heavy atom. The zero-order chi connectivity index (χ0) is 15.3. The second-order valence-electron chi connectivity index (χ2n) is 6.07. The monoisotopic (exact) mass is 292 g/mol. The molecular weight excluding hydrogens is 273 g/mol. The van der Waals surface area contributed by atoms with Crippen LogP contribution in [0.5, 0.6) is 0 Å². The van der Waals surface area contributed by atoms with Crippen LogP contribution in [0, 0.1) is 5.92 Å². The predicted octanol–water partition coefficient (Wildman–Crippen LogP) is 1.84. The van der Waals surface area contributed by atoms with Gasteiger partial charge in [-0.05, 0) is 39.0 Å². The number of hydrogen-bond donors (Lipinski definition) is 1. The lowest BCUT2D eigenvalue weighted by atomic mass is 9.82. The second-order valence-corrected chi connectivity index (χ2v) is 6.07. The van der Waals surface area contributed by atoms with E-state index in [9.17, 15) is 22.8 Å². The number of alkyl halides is 3. The largest absolute Gasteiger partial charge is 0.406 e. The summed E-state index contributed by atoms with van der Waals surface area (Å²) in [7, 11) is 0. The van der Waals surface area contributed by atoms with E-state index in [1.807, 2.05) is 0 Å². The Balaban J connectivity index is 2.41. The molecule has 2 amide bonds. The third-order valence-electron chi connectivity index (χ3n) is 4.54. The zero-order valence-electron chi connectivity index (χ0n) is 11.8. The van der Waals surface area contributed by atoms with Gasteiger partial charge in [0.25, 0.3) is 0 Å². The van der Waals surface area contributed by atoms with Gasteiger partial charge < -0.3 is 10.2 Å². The van der Waals surface area contributed by atoms with Crippen LogP contribution in [0.1, 0.15) is 40.0 Å². The van der Waals surface area contributed by atoms with Gasteiger partial charge in [0.2, 0.25) is 11.8 Å². The first-order valence-electron chi connectivity index (χ1n) is 6.76. The summed E-state index contributed by atoms with van der Waals surface area (Å²) in [5.74, 6) is -1.31. The third kappa shape index (κ3) is 2.27. The van der Waals surface area contributed by atoms with Gasteiger partial charge in [-0.3, -0.25) is 9.59 Å². The van der Waals surface area contributed by atoms with Crippen molar-refractivity contribution in [2.75, 3.05) is 6.54 Å². The molecule has 2 fully saturated rings. The van der Waals surface area contributed by atoms with Crippen molar-refractivity contribution in [2.45, 2.75) is 57.3 Å². The van der Waals surface area contributed by atoms with E-state index < -0.39 is 35.6 Å². The quantitative estimate of drug-likeness (QED) is 0.863. The Morgan fingerprint density at radius 1 is 1.30 bits per heavy atom. The fourth-order valence-corrected chi connectivity index (χ4v) is 2.77. The molecule has 0 spiro atoms. The number of amides is 2. The molecule has 2 atom stereocenters. The van der Waals surface area contributed by atoms with Crippen molar-refractivity contribution >= 4 is 11.8 Å². The third-order valence-corrected chi connectivity index (χ3v) is 4.54. The number of rotatable bonds is 3. The topological polar surface area (TPSA) is 49.4 Å². The highest BCUT2D eigenvalue weighted by Crippen LogP contribution is 2.46. The van der Waals surface area contributed by atoms with Crippen molar-refractivity contribution in [3.63, 3.8) is 0 Å². The van der Waals surface area contributed by atoms with Crippen LogP contribution in [-0.2, 0) is 9.59 Å². The van der Waals surface area contributed by atoms with E-state index in [1.54, 1.807) is 6.92 Å². The minimum Gasteiger partial charge on any atom is -0.340 e. The molecule has 0 aromatic rings. The second kappa shape index (κ2) is 4.36. The molecule has 1 saturated heterocycles. The summed E-state index contributed by atoms with van der Waals surface area (Å²) in [4.78, 5) is 25.5. The number of nitrogens with one attached hydrogen (secondary N) is 1. The van der Waals surface area contributed by atoms with Crippen LogP contribution in [0.25, 0.3) is 0 Å². The van der Waals surface area contributed by atoms with Crippen molar-refractivity contribution in [3.05, 3.63) is 0 Å².